The summed E-state index contributed by atoms with van der Waals surface area (Å²) in [5.41, 5.74) is 2.45. The fraction of sp³-hybridized carbons (Fsp3) is 0.516. The molecule has 1 N–H and O–H groups in total. The Morgan fingerprint density at radius 2 is 1.66 bits per heavy atom. The van der Waals surface area contributed by atoms with Gasteiger partial charge in [-0.3, -0.25) is 4.79 Å². The first kappa shape index (κ1) is 32.3. The zero-order valence-electron chi connectivity index (χ0n) is 26.7. The lowest BCUT2D eigenvalue weighted by atomic mass is 10.0. The van der Waals surface area contributed by atoms with Crippen molar-refractivity contribution in [3.8, 4) is 16.9 Å². The number of carbonyl (C=O) groups excluding carboxylic acids is 1. The molecule has 0 unspecified atom stereocenters. The van der Waals surface area contributed by atoms with E-state index in [2.05, 4.69) is 49.6 Å². The van der Waals surface area contributed by atoms with Gasteiger partial charge in [0.1, 0.15) is 47.9 Å². The molecule has 0 aliphatic heterocycles. The van der Waals surface area contributed by atoms with Gasteiger partial charge in [0, 0.05) is 52.1 Å². The smallest absolute Gasteiger partial charge is 0.231 e. The molecule has 0 saturated heterocycles. The van der Waals surface area contributed by atoms with Crippen LogP contribution in [0.4, 0.5) is 14.6 Å². The second-order valence-corrected chi connectivity index (χ2v) is 25.2. The largest absolute Gasteiger partial charge is 0.494 e. The third kappa shape index (κ3) is 7.38. The Labute approximate surface area is 258 Å². The SMILES string of the molecule is COc1c(-c2cn(COCC[Si](C)(C)C)c3nc(NC(=O)[C@@H]4C[C@@H]4F)ccc23)cc(F)c2c1ncn2COCC[Si](C)(C)C. The van der Waals surface area contributed by atoms with Crippen molar-refractivity contribution in [1.82, 2.24) is 19.1 Å². The Balaban J connectivity index is 1.50. The summed E-state index contributed by atoms with van der Waals surface area (Å²) in [7, 11) is -1.01. The van der Waals surface area contributed by atoms with Gasteiger partial charge in [-0.05, 0) is 36.7 Å². The van der Waals surface area contributed by atoms with Crippen LogP contribution in [0, 0.1) is 11.7 Å². The fourth-order valence-corrected chi connectivity index (χ4v) is 6.49. The maximum atomic E-state index is 15.8. The third-order valence-electron chi connectivity index (χ3n) is 7.77. The number of hydrogen-bond acceptors (Lipinski definition) is 6. The van der Waals surface area contributed by atoms with Crippen LogP contribution < -0.4 is 10.1 Å². The van der Waals surface area contributed by atoms with Crippen LogP contribution in [0.3, 0.4) is 0 Å². The van der Waals surface area contributed by atoms with Crippen LogP contribution in [0.25, 0.3) is 33.2 Å². The van der Waals surface area contributed by atoms with Crippen molar-refractivity contribution in [3.05, 3.63) is 36.5 Å². The average Bonchev–Trinajstić information content (AvgIpc) is 3.36. The normalized spacial score (nSPS) is 17.0. The van der Waals surface area contributed by atoms with Crippen molar-refractivity contribution in [2.45, 2.75) is 77.4 Å². The lowest BCUT2D eigenvalue weighted by molar-refractivity contribution is -0.117. The van der Waals surface area contributed by atoms with Gasteiger partial charge in [0.15, 0.2) is 5.75 Å². The number of amides is 1. The van der Waals surface area contributed by atoms with E-state index in [0.29, 0.717) is 52.6 Å². The number of alkyl halides is 1. The lowest BCUT2D eigenvalue weighted by Gasteiger charge is -2.16. The van der Waals surface area contributed by atoms with Crippen LogP contribution in [-0.2, 0) is 27.7 Å². The zero-order valence-corrected chi connectivity index (χ0v) is 28.7. The molecule has 5 rings (SSSR count). The number of halogens is 2. The number of ether oxygens (including phenoxy) is 3. The van der Waals surface area contributed by atoms with E-state index in [0.717, 1.165) is 17.5 Å². The first-order valence-corrected chi connectivity index (χ1v) is 22.5. The maximum Gasteiger partial charge on any atom is 0.231 e. The highest BCUT2D eigenvalue weighted by Gasteiger charge is 2.43. The molecule has 1 aromatic carbocycles. The number of rotatable bonds is 14. The standard InChI is InChI=1S/C31H43F2N5O4Si2/c1-40-29-21(14-25(33)28-27(29)34-17-38(28)19-42-11-13-44(5,6)7)23-16-37(18-41-10-12-43(2,3)4)30-20(23)8-9-26(35-30)36-31(39)22-15-24(22)32/h8-9,14,16-17,22,24H,10-13,15,18-19H2,1-7H3,(H,35,36,39)/t22-,24+/m1/s1. The molecule has 1 amide bonds. The Morgan fingerprint density at radius 1 is 1.02 bits per heavy atom. The van der Waals surface area contributed by atoms with Crippen LogP contribution in [0.5, 0.6) is 5.75 Å². The Bertz CT molecular complexity index is 1660. The van der Waals surface area contributed by atoms with E-state index >= 15 is 4.39 Å². The molecule has 3 heterocycles. The maximum absolute atomic E-state index is 15.8. The van der Waals surface area contributed by atoms with Gasteiger partial charge in [-0.2, -0.15) is 0 Å². The summed E-state index contributed by atoms with van der Waals surface area (Å²) in [6, 6.07) is 6.95. The van der Waals surface area contributed by atoms with Gasteiger partial charge < -0.3 is 28.7 Å². The fourth-order valence-electron chi connectivity index (χ4n) is 4.98. The van der Waals surface area contributed by atoms with Crippen molar-refractivity contribution < 1.29 is 27.8 Å². The Hall–Kier alpha value is -3.14. The first-order valence-electron chi connectivity index (χ1n) is 15.1. The molecule has 0 radical (unpaired) electrons. The van der Waals surface area contributed by atoms with Crippen LogP contribution >= 0.6 is 0 Å². The molecule has 3 aromatic heterocycles. The van der Waals surface area contributed by atoms with Crippen molar-refractivity contribution in [3.63, 3.8) is 0 Å². The minimum absolute atomic E-state index is 0.191. The van der Waals surface area contributed by atoms with Gasteiger partial charge in [0.2, 0.25) is 5.91 Å². The summed E-state index contributed by atoms with van der Waals surface area (Å²) in [6.45, 7) is 15.3. The summed E-state index contributed by atoms with van der Waals surface area (Å²) < 4.78 is 50.6. The van der Waals surface area contributed by atoms with Crippen molar-refractivity contribution >= 4 is 49.9 Å². The number of nitrogens with zero attached hydrogens (tertiary/aromatic N) is 4. The van der Waals surface area contributed by atoms with Gasteiger partial charge in [-0.1, -0.05) is 39.3 Å². The summed E-state index contributed by atoms with van der Waals surface area (Å²) in [5, 5.41) is 3.45. The van der Waals surface area contributed by atoms with E-state index in [1.807, 2.05) is 16.8 Å². The average molecular weight is 644 g/mol. The third-order valence-corrected chi connectivity index (χ3v) is 11.2. The summed E-state index contributed by atoms with van der Waals surface area (Å²) in [6.07, 6.45) is 2.55. The molecule has 44 heavy (non-hydrogen) atoms. The number of fused-ring (bicyclic) bond motifs is 2. The number of anilines is 1. The molecule has 2 atom stereocenters. The topological polar surface area (TPSA) is 92.4 Å². The summed E-state index contributed by atoms with van der Waals surface area (Å²) >= 11 is 0. The second kappa shape index (κ2) is 12.7. The lowest BCUT2D eigenvalue weighted by Crippen LogP contribution is -2.22. The van der Waals surface area contributed by atoms with Gasteiger partial charge >= 0.3 is 0 Å². The van der Waals surface area contributed by atoms with Crippen molar-refractivity contribution in [2.75, 3.05) is 25.6 Å². The van der Waals surface area contributed by atoms with E-state index in [1.54, 1.807) is 24.1 Å². The number of aromatic nitrogens is 4. The number of imidazole rings is 1. The molecule has 4 aromatic rings. The van der Waals surface area contributed by atoms with Crippen molar-refractivity contribution in [1.29, 1.82) is 0 Å². The molecule has 9 nitrogen and oxygen atoms in total. The quantitative estimate of drug-likeness (QED) is 0.116. The second-order valence-electron chi connectivity index (χ2n) is 14.0. The van der Waals surface area contributed by atoms with E-state index in [-0.39, 0.29) is 25.8 Å². The molecule has 238 valence electrons. The predicted molar refractivity (Wildman–Crippen MR) is 175 cm³/mol. The van der Waals surface area contributed by atoms with Gasteiger partial charge in [0.25, 0.3) is 0 Å². The number of methoxy groups -OCH3 is 1. The van der Waals surface area contributed by atoms with Crippen LogP contribution in [0.15, 0.2) is 30.7 Å². The minimum atomic E-state index is -1.30. The molecule has 0 spiro atoms. The van der Waals surface area contributed by atoms with Crippen LogP contribution in [-0.4, -0.2) is 67.7 Å². The zero-order chi connectivity index (χ0) is 31.8. The molecular formula is C31H43F2N5O4Si2. The van der Waals surface area contributed by atoms with Crippen molar-refractivity contribution in [2.24, 2.45) is 5.92 Å². The molecule has 13 heteroatoms. The number of benzene rings is 1. The van der Waals surface area contributed by atoms with E-state index in [4.69, 9.17) is 19.2 Å². The van der Waals surface area contributed by atoms with Crippen LogP contribution in [0.2, 0.25) is 51.4 Å². The molecule has 1 aliphatic carbocycles. The Morgan fingerprint density at radius 3 is 2.25 bits per heavy atom. The van der Waals surface area contributed by atoms with E-state index in [9.17, 15) is 9.18 Å². The number of hydrogen-bond donors (Lipinski definition) is 1. The Kier molecular flexibility index (Phi) is 9.31. The summed E-state index contributed by atoms with van der Waals surface area (Å²) in [5.74, 6) is -0.721. The number of pyridine rings is 1. The highest BCUT2D eigenvalue weighted by atomic mass is 28.3. The molecule has 1 saturated carbocycles. The van der Waals surface area contributed by atoms with E-state index in [1.165, 1.54) is 6.07 Å². The summed E-state index contributed by atoms with van der Waals surface area (Å²) in [4.78, 5) is 21.6. The molecule has 1 fully saturated rings. The van der Waals surface area contributed by atoms with E-state index < -0.39 is 34.1 Å². The predicted octanol–water partition coefficient (Wildman–Crippen LogP) is 7.12. The number of carbonyl (C=O) groups is 1. The molecule has 0 bridgehead atoms. The van der Waals surface area contributed by atoms with Gasteiger partial charge in [-0.25, -0.2) is 18.7 Å². The minimum Gasteiger partial charge on any atom is -0.494 e. The highest BCUT2D eigenvalue weighted by molar-refractivity contribution is 6.76. The highest BCUT2D eigenvalue weighted by Crippen LogP contribution is 2.41. The molecular weight excluding hydrogens is 601 g/mol. The molecule has 1 aliphatic rings. The number of nitrogens with one attached hydrogen (secondary N) is 1. The van der Waals surface area contributed by atoms with Crippen LogP contribution in [0.1, 0.15) is 6.42 Å². The van der Waals surface area contributed by atoms with Gasteiger partial charge in [0.05, 0.1) is 19.4 Å². The monoisotopic (exact) mass is 643 g/mol. The van der Waals surface area contributed by atoms with Gasteiger partial charge in [-0.15, -0.1) is 0 Å². The first-order chi connectivity index (χ1) is 20.8.